The van der Waals surface area contributed by atoms with Gasteiger partial charge >= 0.3 is 0 Å². The maximum Gasteiger partial charge on any atom is 0.268 e. The van der Waals surface area contributed by atoms with E-state index in [1.165, 1.54) is 17.4 Å². The fraction of sp³-hybridized carbons (Fsp3) is 0.111. The Balaban J connectivity index is 1.93. The summed E-state index contributed by atoms with van der Waals surface area (Å²) in [6.07, 6.45) is 4.58. The Hall–Kier alpha value is -3.64. The average molecular weight is 381 g/mol. The first kappa shape index (κ1) is 18.2. The van der Waals surface area contributed by atoms with Gasteiger partial charge in [0.05, 0.1) is 26.1 Å². The van der Waals surface area contributed by atoms with Crippen molar-refractivity contribution in [1.82, 2.24) is 15.2 Å². The number of H-pyrrole nitrogens is 1. The van der Waals surface area contributed by atoms with E-state index in [4.69, 9.17) is 9.47 Å². The predicted molar refractivity (Wildman–Crippen MR) is 101 cm³/mol. The molecule has 0 saturated heterocycles. The van der Waals surface area contributed by atoms with Gasteiger partial charge in [0, 0.05) is 22.7 Å². The standard InChI is InChI=1S/C18H15N5O3S/c1-25-14-4-3-11(8-15(14)26-2)16-13(10-21-23-16)7-12(9-19)17(24)22-18-20-5-6-27-18/h3-8,10H,1-2H3,(H,21,23)(H,20,22,24). The van der Waals surface area contributed by atoms with Crippen LogP contribution in [0.1, 0.15) is 5.56 Å². The van der Waals surface area contributed by atoms with Crippen molar-refractivity contribution in [3.8, 4) is 28.8 Å². The molecule has 2 heterocycles. The van der Waals surface area contributed by atoms with E-state index in [1.807, 2.05) is 12.1 Å². The lowest BCUT2D eigenvalue weighted by Gasteiger charge is -2.09. The molecule has 9 heteroatoms. The van der Waals surface area contributed by atoms with E-state index in [0.29, 0.717) is 27.9 Å². The van der Waals surface area contributed by atoms with Crippen molar-refractivity contribution >= 4 is 28.5 Å². The van der Waals surface area contributed by atoms with Gasteiger partial charge in [0.15, 0.2) is 16.6 Å². The van der Waals surface area contributed by atoms with Crippen molar-refractivity contribution in [2.45, 2.75) is 0 Å². The molecule has 0 bridgehead atoms. The summed E-state index contributed by atoms with van der Waals surface area (Å²) in [5.41, 5.74) is 1.95. The molecule has 0 aliphatic heterocycles. The Morgan fingerprint density at radius 2 is 2.15 bits per heavy atom. The number of anilines is 1. The summed E-state index contributed by atoms with van der Waals surface area (Å²) >= 11 is 1.27. The van der Waals surface area contributed by atoms with Gasteiger partial charge in [-0.3, -0.25) is 15.2 Å². The molecule has 1 aromatic carbocycles. The number of carbonyl (C=O) groups is 1. The number of nitrogens with one attached hydrogen (secondary N) is 2. The third-order valence-corrected chi connectivity index (χ3v) is 4.35. The molecule has 3 aromatic rings. The molecule has 8 nitrogen and oxygen atoms in total. The van der Waals surface area contributed by atoms with Gasteiger partial charge in [-0.25, -0.2) is 4.98 Å². The minimum atomic E-state index is -0.535. The topological polar surface area (TPSA) is 113 Å². The number of aromatic nitrogens is 3. The van der Waals surface area contributed by atoms with Crippen LogP contribution in [0.2, 0.25) is 0 Å². The second kappa shape index (κ2) is 8.16. The molecule has 27 heavy (non-hydrogen) atoms. The van der Waals surface area contributed by atoms with Gasteiger partial charge in [0.1, 0.15) is 11.6 Å². The molecule has 3 rings (SSSR count). The molecule has 0 aliphatic carbocycles. The van der Waals surface area contributed by atoms with Crippen LogP contribution in [0.3, 0.4) is 0 Å². The highest BCUT2D eigenvalue weighted by Crippen LogP contribution is 2.33. The number of aromatic amines is 1. The molecule has 0 atom stereocenters. The summed E-state index contributed by atoms with van der Waals surface area (Å²) in [5, 5.41) is 21.0. The molecule has 0 unspecified atom stereocenters. The van der Waals surface area contributed by atoms with E-state index in [2.05, 4.69) is 20.5 Å². The Labute approximate surface area is 159 Å². The van der Waals surface area contributed by atoms with Crippen molar-refractivity contribution in [2.75, 3.05) is 19.5 Å². The molecular formula is C18H15N5O3S. The van der Waals surface area contributed by atoms with Crippen LogP contribution in [-0.2, 0) is 4.79 Å². The van der Waals surface area contributed by atoms with Crippen molar-refractivity contribution < 1.29 is 14.3 Å². The van der Waals surface area contributed by atoms with Gasteiger partial charge in [0.25, 0.3) is 5.91 Å². The molecule has 2 aromatic heterocycles. The molecule has 0 radical (unpaired) electrons. The molecule has 0 saturated carbocycles. The molecule has 136 valence electrons. The summed E-state index contributed by atoms with van der Waals surface area (Å²) in [6, 6.07) is 7.29. The molecule has 0 aliphatic rings. The van der Waals surface area contributed by atoms with Crippen molar-refractivity contribution in [3.05, 3.63) is 47.1 Å². The zero-order valence-corrected chi connectivity index (χ0v) is 15.3. The monoisotopic (exact) mass is 381 g/mol. The van der Waals surface area contributed by atoms with E-state index in [1.54, 1.807) is 44.1 Å². The fourth-order valence-electron chi connectivity index (χ4n) is 2.38. The van der Waals surface area contributed by atoms with E-state index in [-0.39, 0.29) is 5.57 Å². The zero-order valence-electron chi connectivity index (χ0n) is 14.5. The zero-order chi connectivity index (χ0) is 19.2. The van der Waals surface area contributed by atoms with Gasteiger partial charge in [-0.05, 0) is 24.3 Å². The summed E-state index contributed by atoms with van der Waals surface area (Å²) in [4.78, 5) is 16.3. The number of methoxy groups -OCH3 is 2. The fourth-order valence-corrected chi connectivity index (χ4v) is 2.91. The van der Waals surface area contributed by atoms with Crippen LogP contribution in [0, 0.1) is 11.3 Å². The largest absolute Gasteiger partial charge is 0.493 e. The van der Waals surface area contributed by atoms with Crippen LogP contribution in [0.4, 0.5) is 5.13 Å². The first-order chi connectivity index (χ1) is 13.2. The third kappa shape index (κ3) is 3.96. The SMILES string of the molecule is COc1ccc(-c2[nH]ncc2C=C(C#N)C(=O)Nc2nccs2)cc1OC. The second-order valence-corrected chi connectivity index (χ2v) is 6.13. The van der Waals surface area contributed by atoms with E-state index >= 15 is 0 Å². The minimum absolute atomic E-state index is 0.0617. The number of nitrogens with zero attached hydrogens (tertiary/aromatic N) is 3. The smallest absolute Gasteiger partial charge is 0.268 e. The number of hydrogen-bond donors (Lipinski definition) is 2. The van der Waals surface area contributed by atoms with Crippen LogP contribution in [-0.4, -0.2) is 35.3 Å². The van der Waals surface area contributed by atoms with Gasteiger partial charge < -0.3 is 9.47 Å². The number of benzene rings is 1. The van der Waals surface area contributed by atoms with Crippen molar-refractivity contribution in [1.29, 1.82) is 5.26 Å². The first-order valence-electron chi connectivity index (χ1n) is 7.74. The lowest BCUT2D eigenvalue weighted by Crippen LogP contribution is -2.13. The highest BCUT2D eigenvalue weighted by atomic mass is 32.1. The number of rotatable bonds is 6. The Morgan fingerprint density at radius 3 is 2.81 bits per heavy atom. The maximum atomic E-state index is 12.3. The van der Waals surface area contributed by atoms with Crippen LogP contribution in [0.5, 0.6) is 11.5 Å². The highest BCUT2D eigenvalue weighted by Gasteiger charge is 2.15. The Bertz CT molecular complexity index is 1020. The van der Waals surface area contributed by atoms with Crippen LogP contribution in [0.15, 0.2) is 41.5 Å². The Morgan fingerprint density at radius 1 is 1.33 bits per heavy atom. The molecule has 0 fully saturated rings. The summed E-state index contributed by atoms with van der Waals surface area (Å²) in [5.74, 6) is 0.617. The van der Waals surface area contributed by atoms with Gasteiger partial charge in [-0.2, -0.15) is 10.4 Å². The second-order valence-electron chi connectivity index (χ2n) is 5.23. The number of ether oxygens (including phenoxy) is 2. The lowest BCUT2D eigenvalue weighted by atomic mass is 10.1. The minimum Gasteiger partial charge on any atom is -0.493 e. The third-order valence-electron chi connectivity index (χ3n) is 3.66. The number of hydrogen-bond acceptors (Lipinski definition) is 7. The number of thiazole rings is 1. The number of carbonyl (C=O) groups excluding carboxylic acids is 1. The Kier molecular flexibility index (Phi) is 5.49. The summed E-state index contributed by atoms with van der Waals surface area (Å²) in [6.45, 7) is 0. The number of nitriles is 1. The van der Waals surface area contributed by atoms with Crippen molar-refractivity contribution in [3.63, 3.8) is 0 Å². The summed E-state index contributed by atoms with van der Waals surface area (Å²) in [7, 11) is 3.11. The number of amides is 1. The quantitative estimate of drug-likeness (QED) is 0.501. The molecule has 2 N–H and O–H groups in total. The lowest BCUT2D eigenvalue weighted by molar-refractivity contribution is -0.112. The van der Waals surface area contributed by atoms with E-state index < -0.39 is 5.91 Å². The van der Waals surface area contributed by atoms with Gasteiger partial charge in [-0.15, -0.1) is 11.3 Å². The average Bonchev–Trinajstić information content (AvgIpc) is 3.37. The highest BCUT2D eigenvalue weighted by molar-refractivity contribution is 7.13. The first-order valence-corrected chi connectivity index (χ1v) is 8.62. The van der Waals surface area contributed by atoms with Crippen LogP contribution < -0.4 is 14.8 Å². The van der Waals surface area contributed by atoms with Crippen LogP contribution >= 0.6 is 11.3 Å². The summed E-state index contributed by atoms with van der Waals surface area (Å²) < 4.78 is 10.6. The van der Waals surface area contributed by atoms with Gasteiger partial charge in [-0.1, -0.05) is 0 Å². The molecule has 1 amide bonds. The van der Waals surface area contributed by atoms with Gasteiger partial charge in [0.2, 0.25) is 0 Å². The van der Waals surface area contributed by atoms with Crippen molar-refractivity contribution in [2.24, 2.45) is 0 Å². The molecular weight excluding hydrogens is 366 g/mol. The normalized spacial score (nSPS) is 10.9. The van der Waals surface area contributed by atoms with E-state index in [9.17, 15) is 10.1 Å². The van der Waals surface area contributed by atoms with Crippen LogP contribution in [0.25, 0.3) is 17.3 Å². The molecule has 0 spiro atoms. The van der Waals surface area contributed by atoms with E-state index in [0.717, 1.165) is 5.56 Å². The maximum absolute atomic E-state index is 12.3. The predicted octanol–water partition coefficient (Wildman–Crippen LogP) is 3.10.